The van der Waals surface area contributed by atoms with Gasteiger partial charge in [-0.2, -0.15) is 0 Å². The van der Waals surface area contributed by atoms with Crippen LogP contribution < -0.4 is 9.64 Å². The van der Waals surface area contributed by atoms with Crippen LogP contribution in [0.5, 0.6) is 5.75 Å². The maximum Gasteiger partial charge on any atom is 0.261 e. The number of ether oxygens (including phenoxy) is 1. The fourth-order valence-electron chi connectivity index (χ4n) is 3.33. The number of hydrogen-bond acceptors (Lipinski definition) is 3. The molecule has 1 fully saturated rings. The van der Waals surface area contributed by atoms with E-state index >= 15 is 0 Å². The first-order valence-corrected chi connectivity index (χ1v) is 9.72. The van der Waals surface area contributed by atoms with Crippen LogP contribution >= 0.6 is 0 Å². The number of benzene rings is 2. The number of amides is 2. The van der Waals surface area contributed by atoms with E-state index in [-0.39, 0.29) is 24.0 Å². The van der Waals surface area contributed by atoms with Gasteiger partial charge in [0.05, 0.1) is 0 Å². The lowest BCUT2D eigenvalue weighted by atomic mass is 10.0. The summed E-state index contributed by atoms with van der Waals surface area (Å²) in [6.07, 6.45) is 1.51. The zero-order chi connectivity index (χ0) is 20.1. The predicted molar refractivity (Wildman–Crippen MR) is 110 cm³/mol. The van der Waals surface area contributed by atoms with Gasteiger partial charge in [-0.1, -0.05) is 30.3 Å². The summed E-state index contributed by atoms with van der Waals surface area (Å²) in [5, 5.41) is 0. The van der Waals surface area contributed by atoms with Gasteiger partial charge in [-0.25, -0.2) is 0 Å². The fraction of sp³-hybridized carbons (Fsp3) is 0.391. The second-order valence-corrected chi connectivity index (χ2v) is 8.07. The molecule has 2 aromatic carbocycles. The van der Waals surface area contributed by atoms with Gasteiger partial charge >= 0.3 is 0 Å². The van der Waals surface area contributed by atoms with Gasteiger partial charge in [0, 0.05) is 30.7 Å². The van der Waals surface area contributed by atoms with Gasteiger partial charge in [-0.15, -0.1) is 0 Å². The maximum atomic E-state index is 12.8. The van der Waals surface area contributed by atoms with E-state index in [9.17, 15) is 9.59 Å². The minimum atomic E-state index is -0.309. The van der Waals surface area contributed by atoms with Crippen molar-refractivity contribution in [1.29, 1.82) is 0 Å². The zero-order valence-electron chi connectivity index (χ0n) is 16.9. The van der Waals surface area contributed by atoms with Crippen molar-refractivity contribution in [3.8, 4) is 5.75 Å². The highest BCUT2D eigenvalue weighted by Crippen LogP contribution is 2.24. The summed E-state index contributed by atoms with van der Waals surface area (Å²) in [5.41, 5.74) is 1.66. The van der Waals surface area contributed by atoms with Crippen molar-refractivity contribution in [2.24, 2.45) is 0 Å². The SMILES string of the molecule is CC(C)(C)N(Cc1ccccc1)C(=O)COc1ccc(N2CCCC2=O)cc1. The van der Waals surface area contributed by atoms with E-state index in [2.05, 4.69) is 0 Å². The van der Waals surface area contributed by atoms with E-state index in [0.29, 0.717) is 18.7 Å². The molecule has 0 atom stereocenters. The number of carbonyl (C=O) groups is 2. The zero-order valence-corrected chi connectivity index (χ0v) is 16.9. The molecule has 3 rings (SSSR count). The molecule has 148 valence electrons. The van der Waals surface area contributed by atoms with Gasteiger partial charge in [0.25, 0.3) is 5.91 Å². The Bertz CT molecular complexity index is 810. The highest BCUT2D eigenvalue weighted by molar-refractivity contribution is 5.95. The lowest BCUT2D eigenvalue weighted by molar-refractivity contribution is -0.139. The Kier molecular flexibility index (Phi) is 6.02. The first kappa shape index (κ1) is 19.9. The van der Waals surface area contributed by atoms with Crippen molar-refractivity contribution in [3.63, 3.8) is 0 Å². The van der Waals surface area contributed by atoms with E-state index in [1.807, 2.05) is 80.3 Å². The summed E-state index contributed by atoms with van der Waals surface area (Å²) in [6.45, 7) is 7.35. The van der Waals surface area contributed by atoms with Gasteiger partial charge in [0.2, 0.25) is 5.91 Å². The highest BCUT2D eigenvalue weighted by atomic mass is 16.5. The Hall–Kier alpha value is -2.82. The molecule has 1 aliphatic rings. The standard InChI is InChI=1S/C23H28N2O3/c1-23(2,3)25(16-18-8-5-4-6-9-18)22(27)17-28-20-13-11-19(12-14-20)24-15-7-10-21(24)26/h4-6,8-9,11-14H,7,10,15-17H2,1-3H3. The smallest absolute Gasteiger partial charge is 0.261 e. The molecule has 0 radical (unpaired) electrons. The topological polar surface area (TPSA) is 49.9 Å². The maximum absolute atomic E-state index is 12.8. The molecule has 5 nitrogen and oxygen atoms in total. The molecule has 2 aromatic rings. The summed E-state index contributed by atoms with van der Waals surface area (Å²) in [4.78, 5) is 28.3. The quantitative estimate of drug-likeness (QED) is 0.761. The second-order valence-electron chi connectivity index (χ2n) is 8.07. The van der Waals surface area contributed by atoms with Gasteiger partial charge in [0.1, 0.15) is 5.75 Å². The highest BCUT2D eigenvalue weighted by Gasteiger charge is 2.27. The molecule has 1 heterocycles. The molecule has 2 amide bonds. The van der Waals surface area contributed by atoms with Crippen LogP contribution in [0.3, 0.4) is 0 Å². The van der Waals surface area contributed by atoms with Crippen LogP contribution in [0.1, 0.15) is 39.2 Å². The van der Waals surface area contributed by atoms with E-state index in [1.54, 1.807) is 4.90 Å². The minimum Gasteiger partial charge on any atom is -0.484 e. The summed E-state index contributed by atoms with van der Waals surface area (Å²) in [6, 6.07) is 17.3. The van der Waals surface area contributed by atoms with Gasteiger partial charge < -0.3 is 14.5 Å². The lowest BCUT2D eigenvalue weighted by Gasteiger charge is -2.35. The molecule has 5 heteroatoms. The van der Waals surface area contributed by atoms with Crippen LogP contribution in [0.15, 0.2) is 54.6 Å². The second kappa shape index (κ2) is 8.46. The number of rotatable bonds is 6. The van der Waals surface area contributed by atoms with E-state index < -0.39 is 0 Å². The Balaban J connectivity index is 1.61. The molecule has 28 heavy (non-hydrogen) atoms. The van der Waals surface area contributed by atoms with Gasteiger partial charge in [-0.05, 0) is 57.0 Å². The van der Waals surface area contributed by atoms with Crippen LogP contribution in [0, 0.1) is 0 Å². The number of anilines is 1. The van der Waals surface area contributed by atoms with Crippen LogP contribution in [-0.4, -0.2) is 35.4 Å². The molecule has 0 spiro atoms. The van der Waals surface area contributed by atoms with Crippen molar-refractivity contribution in [3.05, 3.63) is 60.2 Å². The number of nitrogens with zero attached hydrogens (tertiary/aromatic N) is 2. The lowest BCUT2D eigenvalue weighted by Crippen LogP contribution is -2.47. The largest absolute Gasteiger partial charge is 0.484 e. The number of carbonyl (C=O) groups excluding carboxylic acids is 2. The first-order valence-electron chi connectivity index (χ1n) is 9.72. The van der Waals surface area contributed by atoms with E-state index in [0.717, 1.165) is 24.2 Å². The summed E-state index contributed by atoms with van der Waals surface area (Å²) >= 11 is 0. The molecule has 0 aromatic heterocycles. The third kappa shape index (κ3) is 4.91. The van der Waals surface area contributed by atoms with E-state index in [1.165, 1.54) is 0 Å². The van der Waals surface area contributed by atoms with Gasteiger partial charge in [-0.3, -0.25) is 9.59 Å². The van der Waals surface area contributed by atoms with Crippen LogP contribution in [-0.2, 0) is 16.1 Å². The average molecular weight is 380 g/mol. The molecule has 1 aliphatic heterocycles. The third-order valence-electron chi connectivity index (χ3n) is 4.88. The minimum absolute atomic E-state index is 0.0217. The molecule has 0 N–H and O–H groups in total. The molecular weight excluding hydrogens is 352 g/mol. The van der Waals surface area contributed by atoms with Crippen molar-refractivity contribution < 1.29 is 14.3 Å². The monoisotopic (exact) mass is 380 g/mol. The molecule has 1 saturated heterocycles. The molecular formula is C23H28N2O3. The van der Waals surface area contributed by atoms with Crippen LogP contribution in [0.2, 0.25) is 0 Å². The van der Waals surface area contributed by atoms with Crippen molar-refractivity contribution in [2.75, 3.05) is 18.1 Å². The molecule has 0 saturated carbocycles. The fourth-order valence-corrected chi connectivity index (χ4v) is 3.33. The summed E-state index contributed by atoms with van der Waals surface area (Å²) in [5.74, 6) is 0.720. The van der Waals surface area contributed by atoms with E-state index in [4.69, 9.17) is 4.74 Å². The number of hydrogen-bond donors (Lipinski definition) is 0. The summed E-state index contributed by atoms with van der Waals surface area (Å²) < 4.78 is 5.73. The Morgan fingerprint density at radius 3 is 2.32 bits per heavy atom. The molecule has 0 bridgehead atoms. The van der Waals surface area contributed by atoms with Crippen LogP contribution in [0.25, 0.3) is 0 Å². The Morgan fingerprint density at radius 2 is 1.75 bits per heavy atom. The van der Waals surface area contributed by atoms with Gasteiger partial charge in [0.15, 0.2) is 6.61 Å². The molecule has 0 unspecified atom stereocenters. The Morgan fingerprint density at radius 1 is 1.07 bits per heavy atom. The van der Waals surface area contributed by atoms with Crippen LogP contribution in [0.4, 0.5) is 5.69 Å². The predicted octanol–water partition coefficient (Wildman–Crippen LogP) is 4.02. The first-order chi connectivity index (χ1) is 13.3. The molecule has 0 aliphatic carbocycles. The summed E-state index contributed by atoms with van der Waals surface area (Å²) in [7, 11) is 0. The normalized spacial score (nSPS) is 14.2. The van der Waals surface area contributed by atoms with Crippen molar-refractivity contribution in [2.45, 2.75) is 45.7 Å². The third-order valence-corrected chi connectivity index (χ3v) is 4.88. The van der Waals surface area contributed by atoms with Crippen molar-refractivity contribution >= 4 is 17.5 Å². The average Bonchev–Trinajstić information content (AvgIpc) is 3.10. The Labute approximate surface area is 166 Å². The van der Waals surface area contributed by atoms with Crippen molar-refractivity contribution in [1.82, 2.24) is 4.90 Å².